The fourth-order valence-electron chi connectivity index (χ4n) is 6.42. The van der Waals surface area contributed by atoms with E-state index in [2.05, 4.69) is 67.0 Å². The molecule has 0 amide bonds. The topological polar surface area (TPSA) is 93.1 Å². The fourth-order valence-corrected chi connectivity index (χ4v) is 29.2. The molecule has 2 N–H and O–H groups in total. The van der Waals surface area contributed by atoms with Gasteiger partial charge in [-0.05, 0) is 79.6 Å². The van der Waals surface area contributed by atoms with E-state index in [0.717, 1.165) is 37.8 Å². The first kappa shape index (κ1) is 31.7. The van der Waals surface area contributed by atoms with Crippen molar-refractivity contribution in [1.82, 2.24) is 0 Å². The molecule has 208 valence electrons. The monoisotopic (exact) mass is 572 g/mol. The van der Waals surface area contributed by atoms with Crippen LogP contribution in [-0.2, 0) is 18.4 Å². The Labute approximate surface area is 223 Å². The van der Waals surface area contributed by atoms with Gasteiger partial charge < -0.3 is 19.1 Å². The van der Waals surface area contributed by atoms with Gasteiger partial charge in [-0.3, -0.25) is 0 Å². The highest BCUT2D eigenvalue weighted by Crippen LogP contribution is 2.43. The molecule has 10 heteroatoms. The van der Waals surface area contributed by atoms with Gasteiger partial charge in [0.2, 0.25) is 0 Å². The van der Waals surface area contributed by atoms with Crippen molar-refractivity contribution in [2.24, 2.45) is 0 Å². The molecule has 0 aromatic carbocycles. The summed E-state index contributed by atoms with van der Waals surface area (Å²) in [5.74, 6) is -2.14. The van der Waals surface area contributed by atoms with E-state index in [0.29, 0.717) is 12.8 Å². The zero-order valence-corrected chi connectivity index (χ0v) is 28.6. The molecule has 2 fully saturated rings. The molecule has 2 heterocycles. The molecule has 0 aliphatic carbocycles. The van der Waals surface area contributed by atoms with Crippen molar-refractivity contribution in [3.8, 4) is 0 Å². The Morgan fingerprint density at radius 2 is 0.972 bits per heavy atom. The van der Waals surface area contributed by atoms with E-state index < -0.39 is 42.8 Å². The third-order valence-electron chi connectivity index (χ3n) is 9.72. The zero-order chi connectivity index (χ0) is 27.8. The molecule has 0 radical (unpaired) electrons. The maximum atomic E-state index is 12.2. The Morgan fingerprint density at radius 1 is 0.667 bits per heavy atom. The van der Waals surface area contributed by atoms with Gasteiger partial charge in [-0.1, -0.05) is 50.1 Å². The second-order valence-corrected chi connectivity index (χ2v) is 43.3. The third kappa shape index (κ3) is 7.31. The molecule has 0 aromatic heterocycles. The number of rotatable bonds is 10. The van der Waals surface area contributed by atoms with Crippen LogP contribution in [-0.4, -0.2) is 64.2 Å². The van der Waals surface area contributed by atoms with Crippen molar-refractivity contribution >= 4 is 42.8 Å². The Bertz CT molecular complexity index is 812. The normalized spacial score (nSPS) is 31.4. The molecule has 0 bridgehead atoms. The SMILES string of the molecule is CC1(C)CC[Si](C)(CCCC(C(=O)O)=C(CCC[Si]2(C)CCC(C)(C)O[Si]2(C)C)C(=O)O)[Si](C)(C)O1. The van der Waals surface area contributed by atoms with Crippen LogP contribution in [0.1, 0.15) is 66.2 Å². The summed E-state index contributed by atoms with van der Waals surface area (Å²) in [7, 11) is -6.99. The van der Waals surface area contributed by atoms with Gasteiger partial charge in [0.25, 0.3) is 0 Å². The van der Waals surface area contributed by atoms with Crippen LogP contribution >= 0.6 is 0 Å². The quantitative estimate of drug-likeness (QED) is 0.214. The number of aliphatic carboxylic acids is 2. The van der Waals surface area contributed by atoms with Crippen molar-refractivity contribution in [2.45, 2.75) is 141 Å². The lowest BCUT2D eigenvalue weighted by Gasteiger charge is -2.51. The van der Waals surface area contributed by atoms with Crippen LogP contribution in [0.15, 0.2) is 11.1 Å². The lowest BCUT2D eigenvalue weighted by atomic mass is 10.00. The lowest BCUT2D eigenvalue weighted by molar-refractivity contribution is -0.136. The van der Waals surface area contributed by atoms with Crippen LogP contribution in [0.4, 0.5) is 0 Å². The molecule has 0 spiro atoms. The average molecular weight is 573 g/mol. The van der Waals surface area contributed by atoms with Gasteiger partial charge in [0.15, 0.2) is 15.7 Å². The minimum absolute atomic E-state index is 0.0681. The van der Waals surface area contributed by atoms with Crippen LogP contribution in [0, 0.1) is 0 Å². The van der Waals surface area contributed by atoms with Gasteiger partial charge in [-0.15, -0.1) is 0 Å². The predicted octanol–water partition coefficient (Wildman–Crippen LogP) is 7.13. The second-order valence-electron chi connectivity index (χ2n) is 14.1. The van der Waals surface area contributed by atoms with Gasteiger partial charge in [-0.25, -0.2) is 9.59 Å². The maximum absolute atomic E-state index is 12.2. The van der Waals surface area contributed by atoms with Crippen LogP contribution in [0.25, 0.3) is 0 Å². The van der Waals surface area contributed by atoms with E-state index in [9.17, 15) is 19.8 Å². The summed E-state index contributed by atoms with van der Waals surface area (Å²) in [5, 5.41) is 19.9. The molecule has 6 nitrogen and oxygen atoms in total. The molecule has 2 aliphatic rings. The van der Waals surface area contributed by atoms with Crippen molar-refractivity contribution < 1.29 is 28.7 Å². The molecule has 0 saturated carbocycles. The van der Waals surface area contributed by atoms with Gasteiger partial charge >= 0.3 is 11.9 Å². The number of carbonyl (C=O) groups is 2. The molecule has 0 aromatic rings. The summed E-state index contributed by atoms with van der Waals surface area (Å²) in [4.78, 5) is 24.4. The zero-order valence-electron chi connectivity index (χ0n) is 24.6. The van der Waals surface area contributed by atoms with Crippen molar-refractivity contribution in [2.75, 3.05) is 0 Å². The van der Waals surface area contributed by atoms with Crippen molar-refractivity contribution in [3.63, 3.8) is 0 Å². The molecule has 36 heavy (non-hydrogen) atoms. The van der Waals surface area contributed by atoms with Gasteiger partial charge in [0.05, 0.1) is 26.4 Å². The maximum Gasteiger partial charge on any atom is 0.332 e. The fraction of sp³-hybridized carbons (Fsp3) is 0.846. The number of hydrogen-bond donors (Lipinski definition) is 2. The first-order chi connectivity index (χ1) is 16.2. The Morgan fingerprint density at radius 3 is 1.22 bits per heavy atom. The first-order valence-electron chi connectivity index (χ1n) is 13.8. The summed E-state index contributed by atoms with van der Waals surface area (Å²) >= 11 is 0. The largest absolute Gasteiger partial charge is 0.478 e. The first-order valence-corrected chi connectivity index (χ1v) is 27.4. The smallest absolute Gasteiger partial charge is 0.332 e. The highest BCUT2D eigenvalue weighted by Gasteiger charge is 2.53. The lowest BCUT2D eigenvalue weighted by Crippen LogP contribution is -2.65. The van der Waals surface area contributed by atoms with Crippen molar-refractivity contribution in [3.05, 3.63) is 11.1 Å². The molecule has 2 saturated heterocycles. The summed E-state index contributed by atoms with van der Waals surface area (Å²) in [6.45, 7) is 22.8. The van der Waals surface area contributed by atoms with E-state index in [1.165, 1.54) is 12.1 Å². The molecular weight excluding hydrogens is 521 g/mol. The second kappa shape index (κ2) is 10.9. The minimum atomic E-state index is -1.84. The standard InChI is InChI=1S/C26H52O6Si4/c1-25(2)15-19-35(9,33(5,6)31-25)17-11-13-21(23(27)28)22(24(29)30)14-12-18-36(10)20-16-26(3,4)32-34(36,7)8/h11-20H2,1-10H3,(H,27,28)(H,29,30). The Kier molecular flexibility index (Phi) is 9.61. The molecule has 2 atom stereocenters. The predicted molar refractivity (Wildman–Crippen MR) is 158 cm³/mol. The molecule has 2 rings (SSSR count). The van der Waals surface area contributed by atoms with E-state index >= 15 is 0 Å². The van der Waals surface area contributed by atoms with Gasteiger partial charge in [0.1, 0.15) is 0 Å². The van der Waals surface area contributed by atoms with Gasteiger partial charge in [0, 0.05) is 11.1 Å². The van der Waals surface area contributed by atoms with Crippen LogP contribution < -0.4 is 0 Å². The average Bonchev–Trinajstić information content (AvgIpc) is 2.68. The Balaban J connectivity index is 2.10. The van der Waals surface area contributed by atoms with Crippen LogP contribution in [0.3, 0.4) is 0 Å². The minimum Gasteiger partial charge on any atom is -0.478 e. The van der Waals surface area contributed by atoms with Gasteiger partial charge in [-0.2, -0.15) is 0 Å². The molecule has 2 unspecified atom stereocenters. The highest BCUT2D eigenvalue weighted by atomic mass is 29.3. The summed E-state index contributed by atoms with van der Waals surface area (Å²) < 4.78 is 13.2. The summed E-state index contributed by atoms with van der Waals surface area (Å²) in [6.07, 6.45) is 4.24. The third-order valence-corrected chi connectivity index (χ3v) is 44.3. The highest BCUT2D eigenvalue weighted by molar-refractivity contribution is 7.39. The van der Waals surface area contributed by atoms with E-state index in [4.69, 9.17) is 8.85 Å². The van der Waals surface area contributed by atoms with E-state index in [1.54, 1.807) is 0 Å². The van der Waals surface area contributed by atoms with Crippen molar-refractivity contribution in [1.29, 1.82) is 0 Å². The van der Waals surface area contributed by atoms with E-state index in [1.807, 2.05) is 0 Å². The Hall–Kier alpha value is -0.532. The van der Waals surface area contributed by atoms with Crippen LogP contribution in [0.5, 0.6) is 0 Å². The molecule has 2 aliphatic heterocycles. The summed E-state index contributed by atoms with van der Waals surface area (Å²) in [6, 6.07) is 4.42. The van der Waals surface area contributed by atoms with E-state index in [-0.39, 0.29) is 22.3 Å². The number of carboxylic acid groups (broad SMARTS) is 2. The van der Waals surface area contributed by atoms with Crippen LogP contribution in [0.2, 0.25) is 63.5 Å². The number of carboxylic acids is 2. The molecular formula is C26H52O6Si4. The number of hydrogen-bond acceptors (Lipinski definition) is 4. The summed E-state index contributed by atoms with van der Waals surface area (Å²) in [5.41, 5.74) is 0.0878.